The van der Waals surface area contributed by atoms with E-state index in [-0.39, 0.29) is 0 Å². The van der Waals surface area contributed by atoms with Gasteiger partial charge in [-0.25, -0.2) is 4.98 Å². The van der Waals surface area contributed by atoms with Crippen LogP contribution in [0, 0.1) is 0 Å². The van der Waals surface area contributed by atoms with Crippen LogP contribution in [0.3, 0.4) is 0 Å². The van der Waals surface area contributed by atoms with E-state index >= 15 is 0 Å². The van der Waals surface area contributed by atoms with Crippen LogP contribution in [-0.2, 0) is 12.6 Å². The van der Waals surface area contributed by atoms with Crippen molar-refractivity contribution in [2.24, 2.45) is 0 Å². The van der Waals surface area contributed by atoms with Crippen molar-refractivity contribution in [2.75, 3.05) is 37.6 Å². The number of benzene rings is 1. The van der Waals surface area contributed by atoms with Crippen molar-refractivity contribution in [1.29, 1.82) is 0 Å². The first-order valence-corrected chi connectivity index (χ1v) is 9.06. The van der Waals surface area contributed by atoms with Gasteiger partial charge in [-0.15, -0.1) is 0 Å². The first kappa shape index (κ1) is 17.9. The number of halogens is 3. The van der Waals surface area contributed by atoms with E-state index in [2.05, 4.69) is 39.3 Å². The van der Waals surface area contributed by atoms with Crippen molar-refractivity contribution < 1.29 is 13.2 Å². The largest absolute Gasteiger partial charge is 0.417 e. The van der Waals surface area contributed by atoms with Crippen LogP contribution in [-0.4, -0.2) is 47.6 Å². The molecule has 3 aromatic rings. The Morgan fingerprint density at radius 2 is 1.78 bits per heavy atom. The summed E-state index contributed by atoms with van der Waals surface area (Å²) in [4.78, 5) is 11.7. The minimum absolute atomic E-state index is 0.610. The predicted molar refractivity (Wildman–Crippen MR) is 99.9 cm³/mol. The number of hydrogen-bond donors (Lipinski definition) is 1. The summed E-state index contributed by atoms with van der Waals surface area (Å²) in [6.45, 7) is 4.27. The highest BCUT2D eigenvalue weighted by atomic mass is 19.4. The van der Waals surface area contributed by atoms with Crippen molar-refractivity contribution in [1.82, 2.24) is 14.9 Å². The summed E-state index contributed by atoms with van der Waals surface area (Å²) in [6, 6.07) is 10.9. The van der Waals surface area contributed by atoms with Crippen molar-refractivity contribution >= 4 is 16.7 Å². The van der Waals surface area contributed by atoms with Gasteiger partial charge in [-0.1, -0.05) is 18.2 Å². The van der Waals surface area contributed by atoms with E-state index in [1.165, 1.54) is 17.0 Å². The number of aromatic amines is 1. The molecule has 1 aromatic carbocycles. The number of fused-ring (bicyclic) bond motifs is 1. The van der Waals surface area contributed by atoms with Gasteiger partial charge in [0.2, 0.25) is 0 Å². The van der Waals surface area contributed by atoms with Gasteiger partial charge in [0.25, 0.3) is 0 Å². The number of rotatable bonds is 4. The molecule has 3 heterocycles. The van der Waals surface area contributed by atoms with Crippen LogP contribution in [0.15, 0.2) is 48.8 Å². The van der Waals surface area contributed by atoms with E-state index in [9.17, 15) is 13.2 Å². The van der Waals surface area contributed by atoms with Gasteiger partial charge < -0.3 is 9.88 Å². The third-order valence-electron chi connectivity index (χ3n) is 5.14. The van der Waals surface area contributed by atoms with Crippen LogP contribution < -0.4 is 4.90 Å². The van der Waals surface area contributed by atoms with Gasteiger partial charge in [-0.05, 0) is 30.2 Å². The van der Waals surface area contributed by atoms with Crippen LogP contribution in [0.2, 0.25) is 0 Å². The fourth-order valence-electron chi connectivity index (χ4n) is 3.56. The van der Waals surface area contributed by atoms with Gasteiger partial charge in [0.15, 0.2) is 0 Å². The molecule has 142 valence electrons. The Balaban J connectivity index is 1.31. The summed E-state index contributed by atoms with van der Waals surface area (Å²) in [7, 11) is 0. The molecule has 0 bridgehead atoms. The monoisotopic (exact) mass is 374 g/mol. The van der Waals surface area contributed by atoms with E-state index < -0.39 is 11.7 Å². The van der Waals surface area contributed by atoms with Crippen molar-refractivity contribution in [3.63, 3.8) is 0 Å². The van der Waals surface area contributed by atoms with Gasteiger partial charge in [0.05, 0.1) is 5.56 Å². The zero-order valence-electron chi connectivity index (χ0n) is 14.8. The number of alkyl halides is 3. The maximum atomic E-state index is 12.6. The molecule has 2 aromatic heterocycles. The Morgan fingerprint density at radius 1 is 1.00 bits per heavy atom. The Morgan fingerprint density at radius 3 is 2.48 bits per heavy atom. The second kappa shape index (κ2) is 7.23. The third kappa shape index (κ3) is 3.93. The topological polar surface area (TPSA) is 35.2 Å². The van der Waals surface area contributed by atoms with Crippen molar-refractivity contribution in [2.45, 2.75) is 12.6 Å². The number of piperazine rings is 1. The highest BCUT2D eigenvalue weighted by molar-refractivity contribution is 5.83. The number of nitrogens with zero attached hydrogens (tertiary/aromatic N) is 3. The van der Waals surface area contributed by atoms with Gasteiger partial charge in [0, 0.05) is 56.0 Å². The van der Waals surface area contributed by atoms with Gasteiger partial charge in [-0.3, -0.25) is 4.90 Å². The zero-order chi connectivity index (χ0) is 18.9. The molecule has 4 rings (SSSR count). The summed E-state index contributed by atoms with van der Waals surface area (Å²) < 4.78 is 37.9. The van der Waals surface area contributed by atoms with E-state index in [1.807, 2.05) is 11.0 Å². The molecule has 0 amide bonds. The number of H-pyrrole nitrogens is 1. The molecule has 27 heavy (non-hydrogen) atoms. The minimum atomic E-state index is -4.34. The minimum Gasteiger partial charge on any atom is -0.361 e. The SMILES string of the molecule is FC(F)(F)c1ccc(N2CCN(CCc3c[nH]c4ccccc34)CC2)nc1. The quantitative estimate of drug-likeness (QED) is 0.751. The van der Waals surface area contributed by atoms with Crippen molar-refractivity contribution in [3.05, 3.63) is 59.9 Å². The molecule has 1 fully saturated rings. The second-order valence-corrected chi connectivity index (χ2v) is 6.84. The van der Waals surface area contributed by atoms with E-state index in [4.69, 9.17) is 0 Å². The van der Waals surface area contributed by atoms with Crippen LogP contribution >= 0.6 is 0 Å². The maximum Gasteiger partial charge on any atom is 0.417 e. The Kier molecular flexibility index (Phi) is 4.78. The second-order valence-electron chi connectivity index (χ2n) is 6.84. The van der Waals surface area contributed by atoms with E-state index in [0.29, 0.717) is 5.82 Å². The molecular formula is C20H21F3N4. The number of pyridine rings is 1. The molecule has 0 radical (unpaired) electrons. The molecule has 7 heteroatoms. The van der Waals surface area contributed by atoms with E-state index in [0.717, 1.165) is 56.9 Å². The molecule has 0 spiro atoms. The third-order valence-corrected chi connectivity index (χ3v) is 5.14. The molecule has 1 saturated heterocycles. The zero-order valence-corrected chi connectivity index (χ0v) is 14.8. The summed E-state index contributed by atoms with van der Waals surface area (Å²) in [5.41, 5.74) is 1.77. The molecule has 0 saturated carbocycles. The average Bonchev–Trinajstić information content (AvgIpc) is 3.09. The standard InChI is InChI=1S/C20H21F3N4/c21-20(22,23)16-5-6-19(25-14-16)27-11-9-26(10-12-27)8-7-15-13-24-18-4-2-1-3-17(15)18/h1-6,13-14,24H,7-12H2. The summed E-state index contributed by atoms with van der Waals surface area (Å²) in [5.74, 6) is 0.610. The predicted octanol–water partition coefficient (Wildman–Crippen LogP) is 3.95. The van der Waals surface area contributed by atoms with E-state index in [1.54, 1.807) is 0 Å². The van der Waals surface area contributed by atoms with Gasteiger partial charge in [0.1, 0.15) is 5.82 Å². The summed E-state index contributed by atoms with van der Waals surface area (Å²) in [6.07, 6.45) is -0.374. The molecule has 4 nitrogen and oxygen atoms in total. The number of hydrogen-bond acceptors (Lipinski definition) is 3. The summed E-state index contributed by atoms with van der Waals surface area (Å²) in [5, 5.41) is 1.27. The number of nitrogens with one attached hydrogen (secondary N) is 1. The number of anilines is 1. The lowest BCUT2D eigenvalue weighted by Gasteiger charge is -2.35. The first-order valence-electron chi connectivity index (χ1n) is 9.06. The van der Waals surface area contributed by atoms with Gasteiger partial charge >= 0.3 is 6.18 Å². The maximum absolute atomic E-state index is 12.6. The fourth-order valence-corrected chi connectivity index (χ4v) is 3.56. The average molecular weight is 374 g/mol. The molecule has 1 aliphatic rings. The smallest absolute Gasteiger partial charge is 0.361 e. The van der Waals surface area contributed by atoms with Crippen LogP contribution in [0.5, 0.6) is 0 Å². The Bertz CT molecular complexity index is 893. The molecular weight excluding hydrogens is 353 g/mol. The summed E-state index contributed by atoms with van der Waals surface area (Å²) >= 11 is 0. The lowest BCUT2D eigenvalue weighted by atomic mass is 10.1. The molecule has 0 aliphatic carbocycles. The molecule has 1 N–H and O–H groups in total. The first-order chi connectivity index (χ1) is 13.0. The normalized spacial score (nSPS) is 16.2. The fraction of sp³-hybridized carbons (Fsp3) is 0.350. The highest BCUT2D eigenvalue weighted by Crippen LogP contribution is 2.29. The molecule has 0 atom stereocenters. The van der Waals surface area contributed by atoms with Gasteiger partial charge in [-0.2, -0.15) is 13.2 Å². The lowest BCUT2D eigenvalue weighted by molar-refractivity contribution is -0.137. The Hall–Kier alpha value is -2.54. The molecule has 1 aliphatic heterocycles. The van der Waals surface area contributed by atoms with Crippen LogP contribution in [0.4, 0.5) is 19.0 Å². The van der Waals surface area contributed by atoms with Crippen LogP contribution in [0.1, 0.15) is 11.1 Å². The lowest BCUT2D eigenvalue weighted by Crippen LogP contribution is -2.47. The number of aromatic nitrogens is 2. The Labute approximate surface area is 155 Å². The highest BCUT2D eigenvalue weighted by Gasteiger charge is 2.31. The molecule has 0 unspecified atom stereocenters. The van der Waals surface area contributed by atoms with Crippen molar-refractivity contribution in [3.8, 4) is 0 Å². The van der Waals surface area contributed by atoms with Crippen LogP contribution in [0.25, 0.3) is 10.9 Å². The number of para-hydroxylation sites is 1.